The van der Waals surface area contributed by atoms with Crippen LogP contribution in [0.25, 0.3) is 0 Å². The highest BCUT2D eigenvalue weighted by Crippen LogP contribution is 2.23. The molecule has 5 heteroatoms. The first-order valence-electron chi connectivity index (χ1n) is 10.9. The highest BCUT2D eigenvalue weighted by atomic mass is 16.5. The van der Waals surface area contributed by atoms with Crippen LogP contribution in [0.5, 0.6) is 11.5 Å². The minimum atomic E-state index is 0.472. The van der Waals surface area contributed by atoms with Gasteiger partial charge in [0.25, 0.3) is 0 Å². The van der Waals surface area contributed by atoms with Gasteiger partial charge in [0, 0.05) is 17.2 Å². The molecule has 2 rings (SSSR count). The molecule has 5 nitrogen and oxygen atoms in total. The van der Waals surface area contributed by atoms with E-state index in [4.69, 9.17) is 9.47 Å². The van der Waals surface area contributed by atoms with E-state index in [1.54, 1.807) is 24.3 Å². The molecule has 0 N–H and O–H groups in total. The van der Waals surface area contributed by atoms with Crippen LogP contribution >= 0.6 is 0 Å². The number of rotatable bonds is 14. The molecule has 29 heavy (non-hydrogen) atoms. The van der Waals surface area contributed by atoms with Crippen molar-refractivity contribution in [1.29, 1.82) is 0 Å². The second-order valence-corrected chi connectivity index (χ2v) is 7.18. The van der Waals surface area contributed by atoms with Crippen LogP contribution in [0.4, 0.5) is 11.4 Å². The van der Waals surface area contributed by atoms with Gasteiger partial charge in [-0.2, -0.15) is 0 Å². The van der Waals surface area contributed by atoms with E-state index in [1.165, 1.54) is 38.5 Å². The number of benzene rings is 2. The Kier molecular flexibility index (Phi) is 10.6. The molecule has 0 saturated heterocycles. The molecule has 0 amide bonds. The fourth-order valence-electron chi connectivity index (χ4n) is 2.88. The summed E-state index contributed by atoms with van der Waals surface area (Å²) < 4.78 is 11.4. The van der Waals surface area contributed by atoms with Gasteiger partial charge in [-0.1, -0.05) is 57.2 Å². The smallest absolute Gasteiger partial charge is 0.245 e. The summed E-state index contributed by atoms with van der Waals surface area (Å²) in [5.41, 5.74) is 1.06. The maximum Gasteiger partial charge on any atom is 0.245 e. The fraction of sp³-hybridized carbons (Fsp3) is 0.500. The van der Waals surface area contributed by atoms with Gasteiger partial charge in [-0.3, -0.25) is 0 Å². The molecule has 0 saturated carbocycles. The first-order valence-corrected chi connectivity index (χ1v) is 10.9. The van der Waals surface area contributed by atoms with Gasteiger partial charge in [0.15, 0.2) is 0 Å². The lowest BCUT2D eigenvalue weighted by atomic mass is 10.2. The van der Waals surface area contributed by atoms with E-state index < -0.39 is 0 Å². The van der Waals surface area contributed by atoms with Gasteiger partial charge in [0.2, 0.25) is 5.69 Å². The number of hydrogen-bond acceptors (Lipinski definition) is 4. The third-order valence-corrected chi connectivity index (χ3v) is 4.63. The maximum absolute atomic E-state index is 12.3. The molecule has 2 aromatic carbocycles. The third-order valence-electron chi connectivity index (χ3n) is 4.63. The summed E-state index contributed by atoms with van der Waals surface area (Å²) in [6.07, 6.45) is 9.41. The van der Waals surface area contributed by atoms with Crippen molar-refractivity contribution >= 4 is 11.4 Å². The molecule has 0 unspecified atom stereocenters. The van der Waals surface area contributed by atoms with Gasteiger partial charge in [-0.25, -0.2) is 0 Å². The molecule has 0 aromatic heterocycles. The molecular formula is C24H34N2O3. The van der Waals surface area contributed by atoms with Crippen molar-refractivity contribution in [2.24, 2.45) is 5.11 Å². The van der Waals surface area contributed by atoms with Crippen molar-refractivity contribution in [3.05, 3.63) is 53.7 Å². The molecule has 158 valence electrons. The Bertz CT molecular complexity index is 712. The molecule has 0 heterocycles. The van der Waals surface area contributed by atoms with Gasteiger partial charge in [0.1, 0.15) is 17.2 Å². The number of unbranched alkanes of at least 4 members (excludes halogenated alkanes) is 6. The Morgan fingerprint density at radius 3 is 1.66 bits per heavy atom. The van der Waals surface area contributed by atoms with E-state index in [0.717, 1.165) is 30.9 Å². The molecule has 0 fully saturated rings. The van der Waals surface area contributed by atoms with Crippen molar-refractivity contribution in [2.45, 2.75) is 65.2 Å². The van der Waals surface area contributed by atoms with Gasteiger partial charge < -0.3 is 14.7 Å². The lowest BCUT2D eigenvalue weighted by molar-refractivity contribution is -0.435. The van der Waals surface area contributed by atoms with E-state index in [0.29, 0.717) is 22.8 Å². The largest absolute Gasteiger partial charge is 0.594 e. The first-order chi connectivity index (χ1) is 14.2. The van der Waals surface area contributed by atoms with Crippen molar-refractivity contribution in [2.75, 3.05) is 13.2 Å². The Hall–Kier alpha value is -2.56. The second kappa shape index (κ2) is 13.6. The van der Waals surface area contributed by atoms with E-state index in [1.807, 2.05) is 24.3 Å². The molecular weight excluding hydrogens is 364 g/mol. The van der Waals surface area contributed by atoms with Crippen LogP contribution in [0.1, 0.15) is 65.2 Å². The summed E-state index contributed by atoms with van der Waals surface area (Å²) in [6.45, 7) is 5.81. The number of nitrogens with zero attached hydrogens (tertiary/aromatic N) is 2. The first kappa shape index (κ1) is 22.7. The summed E-state index contributed by atoms with van der Waals surface area (Å²) in [7, 11) is 0. The van der Waals surface area contributed by atoms with Gasteiger partial charge in [-0.15, -0.1) is 0 Å². The molecule has 2 aromatic rings. The fourth-order valence-corrected chi connectivity index (χ4v) is 2.88. The van der Waals surface area contributed by atoms with E-state index in [-0.39, 0.29) is 0 Å². The minimum absolute atomic E-state index is 0.472. The van der Waals surface area contributed by atoms with Crippen molar-refractivity contribution in [3.8, 4) is 11.5 Å². The molecule has 0 radical (unpaired) electrons. The zero-order valence-corrected chi connectivity index (χ0v) is 17.8. The number of ether oxygens (including phenoxy) is 2. The summed E-state index contributed by atoms with van der Waals surface area (Å²) in [6, 6.07) is 14.4. The normalized spacial score (nSPS) is 11.4. The predicted octanol–water partition coefficient (Wildman–Crippen LogP) is 7.53. The number of hydrogen-bond donors (Lipinski definition) is 0. The number of azo groups is 1. The summed E-state index contributed by atoms with van der Waals surface area (Å²) in [5, 5.41) is 16.4. The summed E-state index contributed by atoms with van der Waals surface area (Å²) >= 11 is 0. The van der Waals surface area contributed by atoms with E-state index >= 15 is 0 Å². The molecule has 0 aliphatic rings. The Morgan fingerprint density at radius 1 is 0.690 bits per heavy atom. The van der Waals surface area contributed by atoms with E-state index in [2.05, 4.69) is 19.0 Å². The lowest BCUT2D eigenvalue weighted by Gasteiger charge is -2.07. The lowest BCUT2D eigenvalue weighted by Crippen LogP contribution is -1.97. The van der Waals surface area contributed by atoms with Crippen LogP contribution < -0.4 is 9.47 Å². The zero-order valence-electron chi connectivity index (χ0n) is 17.8. The summed E-state index contributed by atoms with van der Waals surface area (Å²) in [5.74, 6) is 1.58. The van der Waals surface area contributed by atoms with Gasteiger partial charge in [0.05, 0.1) is 13.2 Å². The molecule has 0 bridgehead atoms. The SMILES string of the molecule is CCCCCCOc1ccc(N=[N+]([O-])c2ccc(OCCCCCC)cc2)cc1. The predicted molar refractivity (Wildman–Crippen MR) is 118 cm³/mol. The van der Waals surface area contributed by atoms with Crippen LogP contribution in [-0.4, -0.2) is 18.1 Å². The molecule has 0 aliphatic heterocycles. The van der Waals surface area contributed by atoms with Crippen molar-refractivity contribution < 1.29 is 14.3 Å². The maximum atomic E-state index is 12.3. The van der Waals surface area contributed by atoms with Gasteiger partial charge >= 0.3 is 0 Å². The second-order valence-electron chi connectivity index (χ2n) is 7.18. The quantitative estimate of drug-likeness (QED) is 0.143. The van der Waals surface area contributed by atoms with Crippen molar-refractivity contribution in [3.63, 3.8) is 0 Å². The molecule has 0 atom stereocenters. The highest BCUT2D eigenvalue weighted by molar-refractivity contribution is 5.41. The molecule has 0 spiro atoms. The topological polar surface area (TPSA) is 56.9 Å². The summed E-state index contributed by atoms with van der Waals surface area (Å²) in [4.78, 5) is 0.631. The van der Waals surface area contributed by atoms with Crippen LogP contribution in [0.2, 0.25) is 0 Å². The zero-order chi connectivity index (χ0) is 20.7. The highest BCUT2D eigenvalue weighted by Gasteiger charge is 2.05. The minimum Gasteiger partial charge on any atom is -0.594 e. The average molecular weight is 399 g/mol. The Labute approximate surface area is 174 Å². The van der Waals surface area contributed by atoms with E-state index in [9.17, 15) is 5.21 Å². The standard InChI is InChI=1S/C24H34N2O3/c1-3-5-7-9-19-28-23-15-11-21(12-16-23)25-26(27)22-13-17-24(18-14-22)29-20-10-8-6-4-2/h11-18H,3-10,19-20H2,1-2H3. The third kappa shape index (κ3) is 8.99. The van der Waals surface area contributed by atoms with Crippen LogP contribution in [0.3, 0.4) is 0 Å². The Morgan fingerprint density at radius 2 is 1.17 bits per heavy atom. The Balaban J connectivity index is 1.82. The van der Waals surface area contributed by atoms with Crippen LogP contribution in [0, 0.1) is 5.21 Å². The monoisotopic (exact) mass is 398 g/mol. The molecule has 0 aliphatic carbocycles. The van der Waals surface area contributed by atoms with Crippen LogP contribution in [-0.2, 0) is 0 Å². The van der Waals surface area contributed by atoms with Gasteiger partial charge in [-0.05, 0) is 49.2 Å². The average Bonchev–Trinajstić information content (AvgIpc) is 2.75. The van der Waals surface area contributed by atoms with Crippen LogP contribution in [0.15, 0.2) is 53.6 Å². The van der Waals surface area contributed by atoms with Crippen molar-refractivity contribution in [1.82, 2.24) is 0 Å².